The van der Waals surface area contributed by atoms with E-state index in [-0.39, 0.29) is 4.95 Å². The zero-order chi connectivity index (χ0) is 6.97. The van der Waals surface area contributed by atoms with E-state index in [1.165, 1.54) is 0 Å². The topological polar surface area (TPSA) is 24.7 Å². The number of halogens is 1. The Hall–Kier alpha value is -0.700. The van der Waals surface area contributed by atoms with Gasteiger partial charge in [0.25, 0.3) is 0 Å². The van der Waals surface area contributed by atoms with E-state index in [1.54, 1.807) is 0 Å². The number of hydrogen-bond acceptors (Lipinski definition) is 2. The van der Waals surface area contributed by atoms with E-state index < -0.39 is 0 Å². The maximum Gasteiger partial charge on any atom is 0.153 e. The molecule has 10 heavy (non-hydrogen) atoms. The normalized spacial score (nSPS) is 21.1. The molecule has 2 nitrogen and oxygen atoms in total. The van der Waals surface area contributed by atoms with Crippen molar-refractivity contribution in [3.63, 3.8) is 0 Å². The second-order valence-electron chi connectivity index (χ2n) is 2.11. The molecule has 1 aromatic carbocycles. The highest BCUT2D eigenvalue weighted by Gasteiger charge is 2.15. The van der Waals surface area contributed by atoms with Crippen molar-refractivity contribution in [3.05, 3.63) is 29.8 Å². The predicted molar refractivity (Wildman–Crippen MR) is 42.6 cm³/mol. The van der Waals surface area contributed by atoms with Gasteiger partial charge in [-0.1, -0.05) is 34.1 Å². The molecule has 0 N–H and O–H groups in total. The third kappa shape index (κ3) is 0.778. The molecule has 1 aliphatic heterocycles. The van der Waals surface area contributed by atoms with Gasteiger partial charge in [-0.15, -0.1) is 0 Å². The van der Waals surface area contributed by atoms with E-state index in [0.29, 0.717) is 0 Å². The van der Waals surface area contributed by atoms with Gasteiger partial charge in [0, 0.05) is 5.56 Å². The predicted octanol–water partition coefficient (Wildman–Crippen LogP) is 3.18. The Labute approximate surface area is 67.1 Å². The molecule has 1 aromatic rings. The molecule has 0 aromatic heterocycles. The Morgan fingerprint density at radius 3 is 2.90 bits per heavy atom. The van der Waals surface area contributed by atoms with Crippen molar-refractivity contribution in [3.8, 4) is 0 Å². The highest BCUT2D eigenvalue weighted by Crippen LogP contribution is 2.38. The van der Waals surface area contributed by atoms with E-state index in [4.69, 9.17) is 0 Å². The third-order valence-corrected chi connectivity index (χ3v) is 2.14. The maximum atomic E-state index is 3.96. The highest BCUT2D eigenvalue weighted by molar-refractivity contribution is 9.09. The molecule has 3 heteroatoms. The van der Waals surface area contributed by atoms with Gasteiger partial charge in [0.15, 0.2) is 4.95 Å². The van der Waals surface area contributed by atoms with Crippen molar-refractivity contribution in [2.75, 3.05) is 0 Å². The van der Waals surface area contributed by atoms with Crippen LogP contribution in [-0.2, 0) is 0 Å². The molecule has 0 spiro atoms. The van der Waals surface area contributed by atoms with E-state index >= 15 is 0 Å². The van der Waals surface area contributed by atoms with Crippen LogP contribution in [0.3, 0.4) is 0 Å². The minimum absolute atomic E-state index is 0.0729. The smallest absolute Gasteiger partial charge is 0.153 e. The van der Waals surface area contributed by atoms with Crippen molar-refractivity contribution in [2.24, 2.45) is 10.2 Å². The third-order valence-electron chi connectivity index (χ3n) is 1.46. The fourth-order valence-electron chi connectivity index (χ4n) is 0.955. The Morgan fingerprint density at radius 1 is 1.30 bits per heavy atom. The van der Waals surface area contributed by atoms with Gasteiger partial charge >= 0.3 is 0 Å². The van der Waals surface area contributed by atoms with Crippen LogP contribution >= 0.6 is 15.9 Å². The second kappa shape index (κ2) is 2.16. The lowest BCUT2D eigenvalue weighted by molar-refractivity contribution is 1.03. The van der Waals surface area contributed by atoms with E-state index in [2.05, 4.69) is 26.2 Å². The van der Waals surface area contributed by atoms with Crippen molar-refractivity contribution in [1.29, 1.82) is 0 Å². The van der Waals surface area contributed by atoms with Crippen LogP contribution in [0, 0.1) is 0 Å². The van der Waals surface area contributed by atoms with E-state index in [0.717, 1.165) is 11.3 Å². The number of alkyl halides is 1. The van der Waals surface area contributed by atoms with Gasteiger partial charge in [0.05, 0.1) is 5.69 Å². The van der Waals surface area contributed by atoms with Gasteiger partial charge in [-0.2, -0.15) is 10.2 Å². The fourth-order valence-corrected chi connectivity index (χ4v) is 1.43. The minimum atomic E-state index is 0.0729. The molecule has 1 atom stereocenters. The summed E-state index contributed by atoms with van der Waals surface area (Å²) in [6, 6.07) is 7.93. The lowest BCUT2D eigenvalue weighted by atomic mass is 10.2. The van der Waals surface area contributed by atoms with E-state index in [9.17, 15) is 0 Å². The molecule has 2 rings (SSSR count). The van der Waals surface area contributed by atoms with Gasteiger partial charge in [-0.25, -0.2) is 0 Å². The van der Waals surface area contributed by atoms with Crippen molar-refractivity contribution in [1.82, 2.24) is 0 Å². The molecular formula is C7H5BrN2. The highest BCUT2D eigenvalue weighted by atomic mass is 79.9. The summed E-state index contributed by atoms with van der Waals surface area (Å²) in [5, 5.41) is 7.90. The molecule has 1 unspecified atom stereocenters. The van der Waals surface area contributed by atoms with Crippen molar-refractivity contribution >= 4 is 21.6 Å². The fraction of sp³-hybridized carbons (Fsp3) is 0.143. The molecule has 0 radical (unpaired) electrons. The monoisotopic (exact) mass is 196 g/mol. The molecule has 0 bridgehead atoms. The molecule has 1 aliphatic rings. The van der Waals surface area contributed by atoms with Crippen LogP contribution in [0.4, 0.5) is 5.69 Å². The zero-order valence-electron chi connectivity index (χ0n) is 5.16. The van der Waals surface area contributed by atoms with Crippen LogP contribution in [0.25, 0.3) is 0 Å². The first kappa shape index (κ1) is 6.04. The molecule has 0 fully saturated rings. The van der Waals surface area contributed by atoms with Gasteiger partial charge < -0.3 is 0 Å². The molecule has 0 saturated heterocycles. The summed E-state index contributed by atoms with van der Waals surface area (Å²) in [6.45, 7) is 0. The Kier molecular flexibility index (Phi) is 1.31. The summed E-state index contributed by atoms with van der Waals surface area (Å²) in [5.41, 5.74) is 2.13. The molecule has 1 heterocycles. The first-order chi connectivity index (χ1) is 4.88. The lowest BCUT2D eigenvalue weighted by Crippen LogP contribution is -1.76. The van der Waals surface area contributed by atoms with Crippen LogP contribution < -0.4 is 0 Å². The van der Waals surface area contributed by atoms with Crippen LogP contribution in [0.5, 0.6) is 0 Å². The van der Waals surface area contributed by atoms with Gasteiger partial charge in [0.2, 0.25) is 0 Å². The van der Waals surface area contributed by atoms with Crippen molar-refractivity contribution < 1.29 is 0 Å². The van der Waals surface area contributed by atoms with Crippen LogP contribution in [-0.4, -0.2) is 0 Å². The first-order valence-corrected chi connectivity index (χ1v) is 3.93. The summed E-state index contributed by atoms with van der Waals surface area (Å²) < 4.78 is 0. The standard InChI is InChI=1S/C7H5BrN2/c8-7-5-3-1-2-4-6(5)9-10-7/h1-4,7H. The first-order valence-electron chi connectivity index (χ1n) is 3.02. The summed E-state index contributed by atoms with van der Waals surface area (Å²) >= 11 is 3.38. The largest absolute Gasteiger partial charge is 0.169 e. The lowest BCUT2D eigenvalue weighted by Gasteiger charge is -1.95. The average Bonchev–Trinajstić information content (AvgIpc) is 2.34. The number of benzene rings is 1. The maximum absolute atomic E-state index is 3.96. The average molecular weight is 197 g/mol. The second-order valence-corrected chi connectivity index (χ2v) is 2.98. The molecular weight excluding hydrogens is 192 g/mol. The molecule has 50 valence electrons. The van der Waals surface area contributed by atoms with Gasteiger partial charge in [-0.3, -0.25) is 0 Å². The Bertz CT molecular complexity index is 283. The van der Waals surface area contributed by atoms with Crippen LogP contribution in [0.1, 0.15) is 10.5 Å². The molecule has 0 aliphatic carbocycles. The number of hydrogen-bond donors (Lipinski definition) is 0. The SMILES string of the molecule is BrC1N=Nc2ccccc21. The summed E-state index contributed by atoms with van der Waals surface area (Å²) in [6.07, 6.45) is 0. The Morgan fingerprint density at radius 2 is 2.10 bits per heavy atom. The van der Waals surface area contributed by atoms with Crippen LogP contribution in [0.15, 0.2) is 34.5 Å². The van der Waals surface area contributed by atoms with Gasteiger partial charge in [-0.05, 0) is 6.07 Å². The van der Waals surface area contributed by atoms with E-state index in [1.807, 2.05) is 24.3 Å². The van der Waals surface area contributed by atoms with Crippen LogP contribution in [0.2, 0.25) is 0 Å². The molecule has 0 amide bonds. The summed E-state index contributed by atoms with van der Waals surface area (Å²) in [4.78, 5) is 0.0729. The van der Waals surface area contributed by atoms with Gasteiger partial charge in [0.1, 0.15) is 0 Å². The number of rotatable bonds is 0. The number of azo groups is 1. The Balaban J connectivity index is 2.59. The number of fused-ring (bicyclic) bond motifs is 1. The summed E-state index contributed by atoms with van der Waals surface area (Å²) in [5.74, 6) is 0. The molecule has 0 saturated carbocycles. The zero-order valence-corrected chi connectivity index (χ0v) is 6.75. The quantitative estimate of drug-likeness (QED) is 0.450. The number of nitrogens with zero attached hydrogens (tertiary/aromatic N) is 2. The summed E-state index contributed by atoms with van der Waals surface area (Å²) in [7, 11) is 0. The minimum Gasteiger partial charge on any atom is -0.169 e. The van der Waals surface area contributed by atoms with Crippen molar-refractivity contribution in [2.45, 2.75) is 4.95 Å².